The Morgan fingerprint density at radius 2 is 1.81 bits per heavy atom. The van der Waals surface area contributed by atoms with Gasteiger partial charge in [0.15, 0.2) is 0 Å². The molecule has 2 N–H and O–H groups in total. The zero-order chi connectivity index (χ0) is 15.5. The Hall–Kier alpha value is -1.84. The van der Waals surface area contributed by atoms with Crippen LogP contribution in [0.2, 0.25) is 0 Å². The van der Waals surface area contributed by atoms with Crippen LogP contribution in [0.25, 0.3) is 0 Å². The van der Waals surface area contributed by atoms with Gasteiger partial charge in [0, 0.05) is 12.0 Å². The average molecular weight is 289 g/mol. The van der Waals surface area contributed by atoms with Gasteiger partial charge in [0.05, 0.1) is 0 Å². The maximum atomic E-state index is 12.4. The summed E-state index contributed by atoms with van der Waals surface area (Å²) in [7, 11) is 0. The lowest BCUT2D eigenvalue weighted by Crippen LogP contribution is -2.47. The fraction of sp³-hybridized carbons (Fsp3) is 0.529. The SMILES string of the molecule is CC1(C(=O)NCC(C)(C(=O)O)c2ccccc2)CCCC1. The van der Waals surface area contributed by atoms with E-state index in [4.69, 9.17) is 0 Å². The first kappa shape index (κ1) is 15.5. The first-order valence-electron chi connectivity index (χ1n) is 7.46. The second-order valence-corrected chi connectivity index (χ2v) is 6.45. The minimum absolute atomic E-state index is 0.0246. The van der Waals surface area contributed by atoms with Crippen molar-refractivity contribution in [3.05, 3.63) is 35.9 Å². The Balaban J connectivity index is 2.11. The first-order valence-corrected chi connectivity index (χ1v) is 7.46. The van der Waals surface area contributed by atoms with Crippen LogP contribution in [0.1, 0.15) is 45.1 Å². The molecule has 1 aromatic rings. The smallest absolute Gasteiger partial charge is 0.315 e. The zero-order valence-electron chi connectivity index (χ0n) is 12.7. The van der Waals surface area contributed by atoms with E-state index in [1.807, 2.05) is 25.1 Å². The quantitative estimate of drug-likeness (QED) is 0.876. The second-order valence-electron chi connectivity index (χ2n) is 6.45. The number of carbonyl (C=O) groups is 2. The number of aliphatic carboxylic acids is 1. The van der Waals surface area contributed by atoms with Gasteiger partial charge >= 0.3 is 5.97 Å². The van der Waals surface area contributed by atoms with Crippen molar-refractivity contribution in [3.63, 3.8) is 0 Å². The third kappa shape index (κ3) is 3.09. The van der Waals surface area contributed by atoms with Crippen molar-refractivity contribution < 1.29 is 14.7 Å². The van der Waals surface area contributed by atoms with Crippen LogP contribution in [-0.2, 0) is 15.0 Å². The van der Waals surface area contributed by atoms with Crippen molar-refractivity contribution in [3.8, 4) is 0 Å². The molecular formula is C17H23NO3. The van der Waals surface area contributed by atoms with Crippen LogP contribution in [0.15, 0.2) is 30.3 Å². The molecule has 114 valence electrons. The van der Waals surface area contributed by atoms with Crippen LogP contribution in [0, 0.1) is 5.41 Å². The number of hydrogen-bond acceptors (Lipinski definition) is 2. The number of amides is 1. The van der Waals surface area contributed by atoms with E-state index in [-0.39, 0.29) is 17.9 Å². The van der Waals surface area contributed by atoms with Crippen LogP contribution in [0.3, 0.4) is 0 Å². The van der Waals surface area contributed by atoms with Gasteiger partial charge in [0.1, 0.15) is 5.41 Å². The summed E-state index contributed by atoms with van der Waals surface area (Å²) in [5, 5.41) is 12.4. The number of carboxylic acids is 1. The summed E-state index contributed by atoms with van der Waals surface area (Å²) in [5.41, 5.74) is -0.739. The van der Waals surface area contributed by atoms with Crippen molar-refractivity contribution in [2.75, 3.05) is 6.54 Å². The van der Waals surface area contributed by atoms with Crippen molar-refractivity contribution in [1.82, 2.24) is 5.32 Å². The predicted octanol–water partition coefficient (Wildman–Crippen LogP) is 2.73. The molecule has 0 saturated heterocycles. The average Bonchev–Trinajstić information content (AvgIpc) is 2.93. The summed E-state index contributed by atoms with van der Waals surface area (Å²) < 4.78 is 0. The molecule has 1 unspecified atom stereocenters. The normalized spacial score (nSPS) is 19.7. The molecule has 4 nitrogen and oxygen atoms in total. The molecule has 0 heterocycles. The summed E-state index contributed by atoms with van der Waals surface area (Å²) in [6.07, 6.45) is 3.90. The topological polar surface area (TPSA) is 66.4 Å². The van der Waals surface area contributed by atoms with Crippen LogP contribution in [0.4, 0.5) is 0 Å². The van der Waals surface area contributed by atoms with E-state index in [2.05, 4.69) is 5.32 Å². The van der Waals surface area contributed by atoms with Gasteiger partial charge in [-0.2, -0.15) is 0 Å². The van der Waals surface area contributed by atoms with Crippen LogP contribution >= 0.6 is 0 Å². The molecule has 0 aromatic heterocycles. The van der Waals surface area contributed by atoms with E-state index in [9.17, 15) is 14.7 Å². The highest BCUT2D eigenvalue weighted by atomic mass is 16.4. The van der Waals surface area contributed by atoms with Crippen molar-refractivity contribution in [2.24, 2.45) is 5.41 Å². The van der Waals surface area contributed by atoms with Crippen LogP contribution in [-0.4, -0.2) is 23.5 Å². The molecule has 0 spiro atoms. The summed E-state index contributed by atoms with van der Waals surface area (Å²) in [5.74, 6) is -0.950. The lowest BCUT2D eigenvalue weighted by atomic mass is 9.81. The number of hydrogen-bond donors (Lipinski definition) is 2. The number of carboxylic acid groups (broad SMARTS) is 1. The van der Waals surface area contributed by atoms with E-state index < -0.39 is 11.4 Å². The standard InChI is InChI=1S/C17H23NO3/c1-16(10-6-7-11-16)14(19)18-12-17(2,15(20)21)13-8-4-3-5-9-13/h3-5,8-9H,6-7,10-12H2,1-2H3,(H,18,19)(H,20,21). The highest BCUT2D eigenvalue weighted by Crippen LogP contribution is 2.37. The molecule has 1 fully saturated rings. The van der Waals surface area contributed by atoms with E-state index in [0.717, 1.165) is 25.7 Å². The summed E-state index contributed by atoms with van der Waals surface area (Å²) in [6, 6.07) is 9.06. The summed E-state index contributed by atoms with van der Waals surface area (Å²) >= 11 is 0. The number of rotatable bonds is 5. The van der Waals surface area contributed by atoms with Gasteiger partial charge in [0.25, 0.3) is 0 Å². The van der Waals surface area contributed by atoms with Gasteiger partial charge in [-0.3, -0.25) is 9.59 Å². The fourth-order valence-corrected chi connectivity index (χ4v) is 2.96. The Kier molecular flexibility index (Phi) is 4.35. The molecule has 0 radical (unpaired) electrons. The monoisotopic (exact) mass is 289 g/mol. The summed E-state index contributed by atoms with van der Waals surface area (Å²) in [6.45, 7) is 3.73. The molecule has 21 heavy (non-hydrogen) atoms. The Morgan fingerprint density at radius 3 is 2.33 bits per heavy atom. The molecule has 0 aliphatic heterocycles. The lowest BCUT2D eigenvalue weighted by Gasteiger charge is -2.29. The molecule has 1 saturated carbocycles. The van der Waals surface area contributed by atoms with Crippen LogP contribution < -0.4 is 5.32 Å². The highest BCUT2D eigenvalue weighted by Gasteiger charge is 2.40. The largest absolute Gasteiger partial charge is 0.481 e. The molecule has 1 atom stereocenters. The summed E-state index contributed by atoms with van der Waals surface area (Å²) in [4.78, 5) is 24.0. The molecule has 1 aliphatic carbocycles. The molecule has 1 aromatic carbocycles. The molecule has 1 amide bonds. The molecule has 0 bridgehead atoms. The van der Waals surface area contributed by atoms with Gasteiger partial charge in [-0.15, -0.1) is 0 Å². The third-order valence-corrected chi connectivity index (χ3v) is 4.74. The van der Waals surface area contributed by atoms with Crippen molar-refractivity contribution in [1.29, 1.82) is 0 Å². The minimum atomic E-state index is -1.11. The van der Waals surface area contributed by atoms with Gasteiger partial charge < -0.3 is 10.4 Å². The first-order chi connectivity index (χ1) is 9.88. The van der Waals surface area contributed by atoms with E-state index >= 15 is 0 Å². The van der Waals surface area contributed by atoms with E-state index in [0.29, 0.717) is 5.56 Å². The predicted molar refractivity (Wildman–Crippen MR) is 81.0 cm³/mol. The number of benzene rings is 1. The molecule has 1 aliphatic rings. The molecule has 2 rings (SSSR count). The zero-order valence-corrected chi connectivity index (χ0v) is 12.7. The lowest BCUT2D eigenvalue weighted by molar-refractivity contribution is -0.143. The van der Waals surface area contributed by atoms with E-state index in [1.165, 1.54) is 0 Å². The van der Waals surface area contributed by atoms with Gasteiger partial charge in [-0.1, -0.05) is 50.1 Å². The molecular weight excluding hydrogens is 266 g/mol. The van der Waals surface area contributed by atoms with Gasteiger partial charge in [-0.05, 0) is 25.3 Å². The molecule has 4 heteroatoms. The van der Waals surface area contributed by atoms with Crippen LogP contribution in [0.5, 0.6) is 0 Å². The van der Waals surface area contributed by atoms with Crippen molar-refractivity contribution >= 4 is 11.9 Å². The van der Waals surface area contributed by atoms with Crippen molar-refractivity contribution in [2.45, 2.75) is 44.9 Å². The van der Waals surface area contributed by atoms with Gasteiger partial charge in [0.2, 0.25) is 5.91 Å². The Labute approximate surface area is 125 Å². The maximum absolute atomic E-state index is 12.4. The Bertz CT molecular complexity index is 520. The maximum Gasteiger partial charge on any atom is 0.315 e. The Morgan fingerprint density at radius 1 is 1.24 bits per heavy atom. The minimum Gasteiger partial charge on any atom is -0.481 e. The third-order valence-electron chi connectivity index (χ3n) is 4.74. The van der Waals surface area contributed by atoms with Gasteiger partial charge in [-0.25, -0.2) is 0 Å². The second kappa shape index (κ2) is 5.88. The highest BCUT2D eigenvalue weighted by molar-refractivity contribution is 5.85. The fourth-order valence-electron chi connectivity index (χ4n) is 2.96. The number of nitrogens with one attached hydrogen (secondary N) is 1. The number of carbonyl (C=O) groups excluding carboxylic acids is 1. The van der Waals surface area contributed by atoms with E-state index in [1.54, 1.807) is 19.1 Å².